The number of hydrogen-bond acceptors (Lipinski definition) is 5. The van der Waals surface area contributed by atoms with E-state index in [1.807, 2.05) is 53.8 Å². The molecule has 1 atom stereocenters. The molecule has 0 saturated heterocycles. The number of rotatable bonds is 4. The minimum absolute atomic E-state index is 0.0858. The molecule has 2 heterocycles. The third-order valence-corrected chi connectivity index (χ3v) is 9.97. The van der Waals surface area contributed by atoms with Gasteiger partial charge in [-0.2, -0.15) is 5.26 Å². The van der Waals surface area contributed by atoms with Gasteiger partial charge in [0.2, 0.25) is 0 Å². The monoisotopic (exact) mass is 604 g/mol. The van der Waals surface area contributed by atoms with E-state index in [0.29, 0.717) is 23.0 Å². The molecule has 1 aliphatic rings. The molecule has 0 N–H and O–H groups in total. The Hall–Kier alpha value is -5.96. The summed E-state index contributed by atoms with van der Waals surface area (Å²) in [6, 6.07) is 50.5. The van der Waals surface area contributed by atoms with E-state index in [0.717, 1.165) is 16.7 Å². The van der Waals surface area contributed by atoms with Crippen LogP contribution in [0.4, 0.5) is 0 Å². The van der Waals surface area contributed by atoms with Crippen LogP contribution in [-0.2, 0) is 0 Å². The van der Waals surface area contributed by atoms with Crippen molar-refractivity contribution < 1.29 is 0 Å². The maximum Gasteiger partial charge on any atom is 0.164 e. The topological polar surface area (TPSA) is 62.5 Å². The maximum absolute atomic E-state index is 9.32. The van der Waals surface area contributed by atoms with Crippen molar-refractivity contribution in [3.8, 4) is 51.4 Å². The Kier molecular flexibility index (Phi) is 6.09. The van der Waals surface area contributed by atoms with Gasteiger partial charge >= 0.3 is 0 Å². The first kappa shape index (κ1) is 26.4. The zero-order valence-corrected chi connectivity index (χ0v) is 25.4. The molecule has 4 nitrogen and oxygen atoms in total. The van der Waals surface area contributed by atoms with Crippen molar-refractivity contribution >= 4 is 31.5 Å². The Bertz CT molecular complexity index is 2490. The third kappa shape index (κ3) is 4.31. The first-order valence-corrected chi connectivity index (χ1v) is 16.0. The lowest BCUT2D eigenvalue weighted by Crippen LogP contribution is -2.02. The highest BCUT2D eigenvalue weighted by molar-refractivity contribution is 7.25. The quantitative estimate of drug-likeness (QED) is 0.201. The Morgan fingerprint density at radius 2 is 1.17 bits per heavy atom. The molecule has 0 aliphatic heterocycles. The predicted octanol–water partition coefficient (Wildman–Crippen LogP) is 10.3. The molecule has 6 aromatic carbocycles. The number of benzene rings is 6. The molecule has 0 spiro atoms. The number of fused-ring (bicyclic) bond motifs is 6. The van der Waals surface area contributed by atoms with Gasteiger partial charge in [-0.05, 0) is 76.3 Å². The normalized spacial score (nSPS) is 13.4. The summed E-state index contributed by atoms with van der Waals surface area (Å²) >= 11 is 1.86. The summed E-state index contributed by atoms with van der Waals surface area (Å²) in [6.07, 6.45) is 0. The predicted molar refractivity (Wildman–Crippen MR) is 187 cm³/mol. The van der Waals surface area contributed by atoms with Crippen molar-refractivity contribution in [1.82, 2.24) is 15.0 Å². The Balaban J connectivity index is 1.21. The molecular weight excluding hydrogens is 581 g/mol. The molecule has 2 aromatic heterocycles. The molecule has 46 heavy (non-hydrogen) atoms. The highest BCUT2D eigenvalue weighted by Crippen LogP contribution is 2.51. The van der Waals surface area contributed by atoms with E-state index in [1.54, 1.807) is 12.1 Å². The fraction of sp³-hybridized carbons (Fsp3) is 0.0244. The van der Waals surface area contributed by atoms with Crippen LogP contribution in [0.5, 0.6) is 0 Å². The van der Waals surface area contributed by atoms with Crippen LogP contribution in [0.25, 0.3) is 65.5 Å². The molecule has 214 valence electrons. The van der Waals surface area contributed by atoms with Crippen LogP contribution >= 0.6 is 11.3 Å². The minimum Gasteiger partial charge on any atom is -0.208 e. The van der Waals surface area contributed by atoms with Gasteiger partial charge in [-0.3, -0.25) is 0 Å². The van der Waals surface area contributed by atoms with Gasteiger partial charge in [0.15, 0.2) is 17.5 Å². The third-order valence-electron chi connectivity index (χ3n) is 8.84. The van der Waals surface area contributed by atoms with Crippen LogP contribution in [0, 0.1) is 11.3 Å². The van der Waals surface area contributed by atoms with E-state index >= 15 is 0 Å². The molecule has 0 amide bonds. The van der Waals surface area contributed by atoms with Crippen molar-refractivity contribution in [2.24, 2.45) is 0 Å². The molecule has 1 aliphatic carbocycles. The lowest BCUT2D eigenvalue weighted by atomic mass is 9.88. The van der Waals surface area contributed by atoms with Gasteiger partial charge in [0, 0.05) is 42.8 Å². The summed E-state index contributed by atoms with van der Waals surface area (Å²) < 4.78 is 2.63. The lowest BCUT2D eigenvalue weighted by Gasteiger charge is -2.16. The second-order valence-electron chi connectivity index (χ2n) is 11.5. The number of hydrogen-bond donors (Lipinski definition) is 0. The number of aromatic nitrogens is 3. The van der Waals surface area contributed by atoms with Crippen LogP contribution in [0.1, 0.15) is 28.2 Å². The van der Waals surface area contributed by atoms with E-state index in [9.17, 15) is 5.26 Å². The summed E-state index contributed by atoms with van der Waals surface area (Å²) in [5.74, 6) is 1.88. The van der Waals surface area contributed by atoms with Crippen molar-refractivity contribution in [3.05, 3.63) is 162 Å². The SMILES string of the molecule is N#Cc1ccc(-c2nc(-c3ccccc3)nc(-c3cccc(C4c5ccccc5-c5cc6sc7ccccc7c6cc54)c3)n2)cc1. The van der Waals surface area contributed by atoms with E-state index in [4.69, 9.17) is 15.0 Å². The number of nitrogens with zero attached hydrogens (tertiary/aromatic N) is 4. The van der Waals surface area contributed by atoms with Gasteiger partial charge in [0.05, 0.1) is 11.6 Å². The average Bonchev–Trinajstić information content (AvgIpc) is 3.65. The molecular formula is C41H24N4S. The van der Waals surface area contributed by atoms with E-state index < -0.39 is 0 Å². The molecule has 0 saturated carbocycles. The first-order valence-electron chi connectivity index (χ1n) is 15.2. The van der Waals surface area contributed by atoms with E-state index in [1.165, 1.54) is 48.0 Å². The van der Waals surface area contributed by atoms with Crippen molar-refractivity contribution in [2.75, 3.05) is 0 Å². The number of thiophene rings is 1. The van der Waals surface area contributed by atoms with Gasteiger partial charge in [-0.25, -0.2) is 15.0 Å². The maximum atomic E-state index is 9.32. The van der Waals surface area contributed by atoms with Crippen LogP contribution in [-0.4, -0.2) is 15.0 Å². The average molecular weight is 605 g/mol. The zero-order valence-electron chi connectivity index (χ0n) is 24.6. The zero-order chi connectivity index (χ0) is 30.6. The van der Waals surface area contributed by atoms with Crippen LogP contribution in [0.15, 0.2) is 140 Å². The molecule has 0 fully saturated rings. The van der Waals surface area contributed by atoms with Crippen molar-refractivity contribution in [3.63, 3.8) is 0 Å². The lowest BCUT2D eigenvalue weighted by molar-refractivity contribution is 1.01. The van der Waals surface area contributed by atoms with Crippen LogP contribution in [0.3, 0.4) is 0 Å². The smallest absolute Gasteiger partial charge is 0.164 e. The van der Waals surface area contributed by atoms with Gasteiger partial charge in [0.1, 0.15) is 0 Å². The first-order chi connectivity index (χ1) is 22.7. The summed E-state index contributed by atoms with van der Waals surface area (Å²) in [7, 11) is 0. The molecule has 0 bridgehead atoms. The fourth-order valence-corrected chi connectivity index (χ4v) is 7.81. The van der Waals surface area contributed by atoms with Crippen LogP contribution in [0.2, 0.25) is 0 Å². The highest BCUT2D eigenvalue weighted by Gasteiger charge is 2.31. The summed E-state index contributed by atoms with van der Waals surface area (Å²) in [5.41, 5.74) is 9.72. The molecule has 1 unspecified atom stereocenters. The van der Waals surface area contributed by atoms with Gasteiger partial charge in [-0.15, -0.1) is 11.3 Å². The fourth-order valence-electron chi connectivity index (χ4n) is 6.68. The second-order valence-corrected chi connectivity index (χ2v) is 12.6. The minimum atomic E-state index is 0.0858. The van der Waals surface area contributed by atoms with Crippen LogP contribution < -0.4 is 0 Å². The van der Waals surface area contributed by atoms with E-state index in [2.05, 4.69) is 91.0 Å². The van der Waals surface area contributed by atoms with Gasteiger partial charge in [-0.1, -0.05) is 91.0 Å². The molecule has 0 radical (unpaired) electrons. The Morgan fingerprint density at radius 3 is 1.98 bits per heavy atom. The van der Waals surface area contributed by atoms with Gasteiger partial charge < -0.3 is 0 Å². The molecule has 9 rings (SSSR count). The highest BCUT2D eigenvalue weighted by atomic mass is 32.1. The molecule has 8 aromatic rings. The standard InChI is InChI=1S/C41H24N4S/c42-24-25-17-19-27(20-18-25)40-43-39(26-9-2-1-3-10-26)44-41(45-40)29-12-8-11-28(21-29)38-32-15-5-4-13-30(32)33-23-37-34(22-35(33)38)31-14-6-7-16-36(31)46-37/h1-23,38H. The summed E-state index contributed by atoms with van der Waals surface area (Å²) in [5, 5.41) is 11.9. The summed E-state index contributed by atoms with van der Waals surface area (Å²) in [4.78, 5) is 14.8. The molecule has 5 heteroatoms. The second kappa shape index (κ2) is 10.6. The largest absolute Gasteiger partial charge is 0.208 e. The van der Waals surface area contributed by atoms with Crippen molar-refractivity contribution in [1.29, 1.82) is 5.26 Å². The Labute approximate surface area is 269 Å². The number of nitriles is 1. The Morgan fingerprint density at radius 1 is 0.500 bits per heavy atom. The van der Waals surface area contributed by atoms with Crippen molar-refractivity contribution in [2.45, 2.75) is 5.92 Å². The van der Waals surface area contributed by atoms with Gasteiger partial charge in [0.25, 0.3) is 0 Å². The van der Waals surface area contributed by atoms with E-state index in [-0.39, 0.29) is 5.92 Å². The summed E-state index contributed by atoms with van der Waals surface area (Å²) in [6.45, 7) is 0.